The van der Waals surface area contributed by atoms with Crippen molar-refractivity contribution >= 4 is 34.5 Å². The van der Waals surface area contributed by atoms with E-state index in [1.165, 1.54) is 18.9 Å². The van der Waals surface area contributed by atoms with Crippen LogP contribution in [0.1, 0.15) is 24.9 Å². The van der Waals surface area contributed by atoms with Crippen LogP contribution in [-0.2, 0) is 14.3 Å². The zero-order valence-corrected chi connectivity index (χ0v) is 18.8. The highest BCUT2D eigenvalue weighted by Gasteiger charge is 2.40. The van der Waals surface area contributed by atoms with Crippen molar-refractivity contribution in [1.82, 2.24) is 4.90 Å². The van der Waals surface area contributed by atoms with Crippen LogP contribution in [0.5, 0.6) is 5.75 Å². The van der Waals surface area contributed by atoms with Crippen molar-refractivity contribution in [3.05, 3.63) is 82.5 Å². The number of hydrogen-bond donors (Lipinski definition) is 1. The molecule has 0 spiro atoms. The zero-order valence-electron chi connectivity index (χ0n) is 18.0. The monoisotopic (exact) mass is 449 g/mol. The average Bonchev–Trinajstić information content (AvgIpc) is 3.20. The van der Waals surface area contributed by atoms with Gasteiger partial charge in [0.2, 0.25) is 5.91 Å². The normalized spacial score (nSPS) is 17.3. The minimum absolute atomic E-state index is 0.125. The van der Waals surface area contributed by atoms with Gasteiger partial charge in [0.25, 0.3) is 0 Å². The van der Waals surface area contributed by atoms with Crippen molar-refractivity contribution in [3.8, 4) is 5.75 Å². The number of methoxy groups -OCH3 is 2. The van der Waals surface area contributed by atoms with Crippen LogP contribution in [-0.4, -0.2) is 36.2 Å². The lowest BCUT2D eigenvalue weighted by Crippen LogP contribution is -2.37. The second kappa shape index (κ2) is 9.32. The summed E-state index contributed by atoms with van der Waals surface area (Å²) in [6.45, 7) is 1.81. The summed E-state index contributed by atoms with van der Waals surface area (Å²) in [6, 6.07) is 16.5. The van der Waals surface area contributed by atoms with Gasteiger partial charge in [-0.3, -0.25) is 4.79 Å². The van der Waals surface area contributed by atoms with Gasteiger partial charge >= 0.3 is 5.97 Å². The van der Waals surface area contributed by atoms with Gasteiger partial charge in [-0.25, -0.2) is 9.79 Å². The number of benzene rings is 2. The Labute approximate surface area is 190 Å². The summed E-state index contributed by atoms with van der Waals surface area (Å²) in [4.78, 5) is 32.1. The molecule has 164 valence electrons. The molecule has 32 heavy (non-hydrogen) atoms. The molecule has 2 aromatic carbocycles. The van der Waals surface area contributed by atoms with E-state index in [4.69, 9.17) is 9.47 Å². The number of amides is 1. The number of nitrogens with zero attached hydrogens (tertiary/aromatic N) is 2. The summed E-state index contributed by atoms with van der Waals surface area (Å²) in [7, 11) is 2.94. The Morgan fingerprint density at radius 3 is 2.62 bits per heavy atom. The number of amidine groups is 1. The standard InChI is InChI=1S/C24H23N3O4S/c1-15-21(23(29)31-3)22(16-8-5-4-6-9-16)27-18(14-32-24(27)25-15)13-20(28)26-17-10-7-11-19(12-17)30-2/h4-12,14,22H,13H2,1-3H3,(H,26,28)/t22-/m1/s1. The van der Waals surface area contributed by atoms with Crippen molar-refractivity contribution in [2.24, 2.45) is 4.99 Å². The van der Waals surface area contributed by atoms with Gasteiger partial charge in [0.05, 0.1) is 38.0 Å². The SMILES string of the molecule is COC(=O)C1=C(C)N=C2SC=C(CC(=O)Nc3cccc(OC)c3)N2[C@@H]1c1ccccc1. The number of thioether (sulfide) groups is 1. The van der Waals surface area contributed by atoms with E-state index in [2.05, 4.69) is 10.3 Å². The summed E-state index contributed by atoms with van der Waals surface area (Å²) < 4.78 is 10.3. The van der Waals surface area contributed by atoms with Gasteiger partial charge in [0, 0.05) is 17.5 Å². The Morgan fingerprint density at radius 2 is 1.91 bits per heavy atom. The summed E-state index contributed by atoms with van der Waals surface area (Å²) in [5, 5.41) is 5.55. The summed E-state index contributed by atoms with van der Waals surface area (Å²) in [5.74, 6) is 0.0525. The lowest BCUT2D eigenvalue weighted by Gasteiger charge is -2.36. The average molecular weight is 450 g/mol. The van der Waals surface area contributed by atoms with Gasteiger partial charge in [0.1, 0.15) is 5.75 Å². The van der Waals surface area contributed by atoms with Crippen molar-refractivity contribution in [2.45, 2.75) is 19.4 Å². The Morgan fingerprint density at radius 1 is 1.12 bits per heavy atom. The van der Waals surface area contributed by atoms with E-state index in [-0.39, 0.29) is 12.3 Å². The van der Waals surface area contributed by atoms with Crippen LogP contribution in [0.3, 0.4) is 0 Å². The highest BCUT2D eigenvalue weighted by Crippen LogP contribution is 2.44. The second-order valence-corrected chi connectivity index (χ2v) is 8.09. The molecule has 2 heterocycles. The van der Waals surface area contributed by atoms with Crippen molar-refractivity contribution < 1.29 is 19.1 Å². The van der Waals surface area contributed by atoms with Crippen LogP contribution < -0.4 is 10.1 Å². The third-order valence-electron chi connectivity index (χ3n) is 5.22. The highest BCUT2D eigenvalue weighted by molar-refractivity contribution is 8.16. The second-order valence-electron chi connectivity index (χ2n) is 7.25. The van der Waals surface area contributed by atoms with E-state index in [1.54, 1.807) is 26.2 Å². The maximum absolute atomic E-state index is 12.8. The number of ether oxygens (including phenoxy) is 2. The van der Waals surface area contributed by atoms with Gasteiger partial charge < -0.3 is 19.7 Å². The van der Waals surface area contributed by atoms with E-state index < -0.39 is 12.0 Å². The summed E-state index contributed by atoms with van der Waals surface area (Å²) in [6.07, 6.45) is 0.125. The molecule has 0 saturated carbocycles. The molecule has 1 N–H and O–H groups in total. The molecule has 1 amide bonds. The lowest BCUT2D eigenvalue weighted by molar-refractivity contribution is -0.136. The van der Waals surface area contributed by atoms with Crippen LogP contribution >= 0.6 is 11.8 Å². The lowest BCUT2D eigenvalue weighted by atomic mass is 9.94. The van der Waals surface area contributed by atoms with E-state index in [1.807, 2.05) is 52.8 Å². The largest absolute Gasteiger partial charge is 0.497 e. The minimum Gasteiger partial charge on any atom is -0.497 e. The summed E-state index contributed by atoms with van der Waals surface area (Å²) >= 11 is 1.44. The number of nitrogens with one attached hydrogen (secondary N) is 1. The fourth-order valence-electron chi connectivity index (χ4n) is 3.76. The Balaban J connectivity index is 1.62. The molecular formula is C24H23N3O4S. The molecule has 0 saturated heterocycles. The van der Waals surface area contributed by atoms with E-state index in [9.17, 15) is 9.59 Å². The first-order valence-corrected chi connectivity index (χ1v) is 10.9. The highest BCUT2D eigenvalue weighted by atomic mass is 32.2. The quantitative estimate of drug-likeness (QED) is 0.656. The maximum atomic E-state index is 12.8. The molecule has 4 rings (SSSR count). The van der Waals surface area contributed by atoms with Crippen LogP contribution in [0.4, 0.5) is 5.69 Å². The Kier molecular flexibility index (Phi) is 6.32. The number of carbonyl (C=O) groups excluding carboxylic acids is 2. The molecule has 7 nitrogen and oxygen atoms in total. The maximum Gasteiger partial charge on any atom is 0.338 e. The smallest absolute Gasteiger partial charge is 0.338 e. The van der Waals surface area contributed by atoms with Gasteiger partial charge in [-0.15, -0.1) is 0 Å². The van der Waals surface area contributed by atoms with Crippen molar-refractivity contribution in [2.75, 3.05) is 19.5 Å². The predicted octanol–water partition coefficient (Wildman–Crippen LogP) is 4.47. The number of esters is 1. The number of hydrogen-bond acceptors (Lipinski definition) is 7. The fraction of sp³-hybridized carbons (Fsp3) is 0.208. The number of fused-ring (bicyclic) bond motifs is 1. The molecule has 0 unspecified atom stereocenters. The number of aliphatic imine (C=N–C) groups is 1. The van der Waals surface area contributed by atoms with Gasteiger partial charge in [0.15, 0.2) is 5.17 Å². The molecule has 8 heteroatoms. The Hall–Kier alpha value is -3.52. The van der Waals surface area contributed by atoms with Crippen molar-refractivity contribution in [1.29, 1.82) is 0 Å². The van der Waals surface area contributed by atoms with Gasteiger partial charge in [-0.2, -0.15) is 0 Å². The molecule has 2 aromatic rings. The molecule has 0 aliphatic carbocycles. The van der Waals surface area contributed by atoms with E-state index in [0.29, 0.717) is 22.7 Å². The van der Waals surface area contributed by atoms with Crippen LogP contribution in [0.15, 0.2) is 82.0 Å². The molecule has 2 aliphatic rings. The molecule has 1 atom stereocenters. The molecule has 0 fully saturated rings. The van der Waals surface area contributed by atoms with E-state index >= 15 is 0 Å². The minimum atomic E-state index is -0.434. The number of allylic oxidation sites excluding steroid dienone is 1. The third kappa shape index (κ3) is 4.27. The number of rotatable bonds is 6. The first-order chi connectivity index (χ1) is 15.5. The van der Waals surface area contributed by atoms with Crippen LogP contribution in [0.25, 0.3) is 0 Å². The van der Waals surface area contributed by atoms with Crippen molar-refractivity contribution in [3.63, 3.8) is 0 Å². The number of carbonyl (C=O) groups is 2. The van der Waals surface area contributed by atoms with Crippen LogP contribution in [0.2, 0.25) is 0 Å². The molecular weight excluding hydrogens is 426 g/mol. The molecule has 2 aliphatic heterocycles. The molecule has 0 bridgehead atoms. The number of anilines is 1. The third-order valence-corrected chi connectivity index (χ3v) is 6.11. The Bertz CT molecular complexity index is 1140. The molecule has 0 radical (unpaired) electrons. The predicted molar refractivity (Wildman–Crippen MR) is 125 cm³/mol. The fourth-order valence-corrected chi connectivity index (χ4v) is 4.73. The summed E-state index contributed by atoms with van der Waals surface area (Å²) in [5.41, 5.74) is 3.40. The zero-order chi connectivity index (χ0) is 22.7. The first-order valence-electron chi connectivity index (χ1n) is 10.0. The van der Waals surface area contributed by atoms with E-state index in [0.717, 1.165) is 16.4 Å². The topological polar surface area (TPSA) is 80.2 Å². The first kappa shape index (κ1) is 21.7. The van der Waals surface area contributed by atoms with Gasteiger partial charge in [-0.05, 0) is 30.0 Å². The van der Waals surface area contributed by atoms with Gasteiger partial charge in [-0.1, -0.05) is 48.2 Å². The van der Waals surface area contributed by atoms with Crippen LogP contribution in [0, 0.1) is 0 Å². The molecule has 0 aromatic heterocycles.